The number of pyridine rings is 1. The Labute approximate surface area is 182 Å². The quantitative estimate of drug-likeness (QED) is 0.617. The fourth-order valence-corrected chi connectivity index (χ4v) is 4.26. The molecule has 0 saturated carbocycles. The number of carbonyl (C=O) groups is 2. The Balaban J connectivity index is 0.00000256. The molecule has 2 N–H and O–H groups in total. The van der Waals surface area contributed by atoms with Crippen molar-refractivity contribution in [2.24, 2.45) is 5.73 Å². The second-order valence-corrected chi connectivity index (χ2v) is 7.43. The van der Waals surface area contributed by atoms with Crippen molar-refractivity contribution in [1.29, 1.82) is 0 Å². The molecule has 2 heterocycles. The van der Waals surface area contributed by atoms with Crippen LogP contribution in [0.2, 0.25) is 0 Å². The van der Waals surface area contributed by atoms with Crippen LogP contribution in [-0.2, 0) is 21.4 Å². The lowest BCUT2D eigenvalue weighted by Gasteiger charge is -2.29. The highest BCUT2D eigenvalue weighted by molar-refractivity contribution is 6.13. The highest BCUT2D eigenvalue weighted by atomic mass is 35.5. The first-order valence-electron chi connectivity index (χ1n) is 9.78. The molecular formula is C24H24ClN3O2. The zero-order valence-electron chi connectivity index (χ0n) is 16.5. The normalized spacial score (nSPS) is 17.3. The van der Waals surface area contributed by atoms with E-state index in [0.29, 0.717) is 19.3 Å². The van der Waals surface area contributed by atoms with Crippen LogP contribution >= 0.6 is 12.4 Å². The van der Waals surface area contributed by atoms with Gasteiger partial charge in [-0.15, -0.1) is 12.4 Å². The molecule has 0 spiro atoms. The van der Waals surface area contributed by atoms with Gasteiger partial charge in [0.1, 0.15) is 0 Å². The van der Waals surface area contributed by atoms with Crippen molar-refractivity contribution in [2.45, 2.75) is 31.1 Å². The second kappa shape index (κ2) is 9.09. The van der Waals surface area contributed by atoms with Gasteiger partial charge in [-0.05, 0) is 60.7 Å². The lowest BCUT2D eigenvalue weighted by molar-refractivity contribution is -0.123. The molecule has 1 aliphatic rings. The highest BCUT2D eigenvalue weighted by Gasteiger charge is 2.50. The molecule has 0 fully saturated rings. The van der Waals surface area contributed by atoms with E-state index in [-0.39, 0.29) is 30.6 Å². The monoisotopic (exact) mass is 421 g/mol. The number of primary amides is 1. The summed E-state index contributed by atoms with van der Waals surface area (Å²) >= 11 is 0. The lowest BCUT2D eigenvalue weighted by atomic mass is 9.73. The predicted molar refractivity (Wildman–Crippen MR) is 120 cm³/mol. The summed E-state index contributed by atoms with van der Waals surface area (Å²) in [6.45, 7) is 0. The molecule has 0 aliphatic carbocycles. The number of carbonyl (C=O) groups excluding carboxylic acids is 2. The Bertz CT molecular complexity index is 1030. The Hall–Kier alpha value is -3.18. The summed E-state index contributed by atoms with van der Waals surface area (Å²) in [5, 5.41) is 0. The second-order valence-electron chi connectivity index (χ2n) is 7.43. The molecule has 2 amide bonds. The third kappa shape index (κ3) is 3.94. The number of nitrogens with zero attached hydrogens (tertiary/aromatic N) is 2. The summed E-state index contributed by atoms with van der Waals surface area (Å²) in [5.74, 6) is -0.311. The van der Waals surface area contributed by atoms with Gasteiger partial charge >= 0.3 is 0 Å². The summed E-state index contributed by atoms with van der Waals surface area (Å²) in [5.41, 5.74) is 8.41. The summed E-state index contributed by atoms with van der Waals surface area (Å²) in [7, 11) is 0. The van der Waals surface area contributed by atoms with Gasteiger partial charge in [-0.25, -0.2) is 0 Å². The molecule has 154 valence electrons. The van der Waals surface area contributed by atoms with E-state index >= 15 is 0 Å². The average molecular weight is 422 g/mol. The number of nitrogens with two attached hydrogens (primary N) is 1. The van der Waals surface area contributed by atoms with Crippen LogP contribution in [-0.4, -0.2) is 16.8 Å². The largest absolute Gasteiger partial charge is 0.370 e. The molecule has 6 heteroatoms. The molecule has 2 aromatic carbocycles. The van der Waals surface area contributed by atoms with Crippen LogP contribution in [0.5, 0.6) is 0 Å². The van der Waals surface area contributed by atoms with Gasteiger partial charge in [-0.3, -0.25) is 19.5 Å². The molecule has 1 unspecified atom stereocenters. The molecule has 3 aromatic rings. The first-order valence-corrected chi connectivity index (χ1v) is 9.78. The molecule has 0 bridgehead atoms. The molecule has 5 nitrogen and oxygen atoms in total. The number of fused-ring (bicyclic) bond motifs is 1. The minimum absolute atomic E-state index is 0. The van der Waals surface area contributed by atoms with Gasteiger partial charge in [-0.1, -0.05) is 36.4 Å². The fourth-order valence-electron chi connectivity index (χ4n) is 4.26. The Morgan fingerprint density at radius 2 is 1.63 bits per heavy atom. The van der Waals surface area contributed by atoms with Crippen molar-refractivity contribution in [2.75, 3.05) is 4.90 Å². The van der Waals surface area contributed by atoms with Gasteiger partial charge in [-0.2, -0.15) is 0 Å². The van der Waals surface area contributed by atoms with Crippen LogP contribution in [0.1, 0.15) is 30.4 Å². The van der Waals surface area contributed by atoms with Gasteiger partial charge in [0.05, 0.1) is 11.1 Å². The van der Waals surface area contributed by atoms with Crippen LogP contribution in [0.15, 0.2) is 79.1 Å². The van der Waals surface area contributed by atoms with Crippen molar-refractivity contribution < 1.29 is 9.59 Å². The Kier molecular flexibility index (Phi) is 6.53. The number of rotatable bonds is 7. The van der Waals surface area contributed by atoms with Crippen molar-refractivity contribution in [3.8, 4) is 0 Å². The number of para-hydroxylation sites is 2. The Morgan fingerprint density at radius 3 is 2.33 bits per heavy atom. The van der Waals surface area contributed by atoms with E-state index in [2.05, 4.69) is 4.98 Å². The average Bonchev–Trinajstić information content (AvgIpc) is 2.97. The number of amides is 2. The maximum Gasteiger partial charge on any atom is 0.242 e. The summed E-state index contributed by atoms with van der Waals surface area (Å²) < 4.78 is 0. The minimum atomic E-state index is -0.747. The van der Waals surface area contributed by atoms with Crippen LogP contribution in [0.25, 0.3) is 0 Å². The third-order valence-electron chi connectivity index (χ3n) is 5.57. The van der Waals surface area contributed by atoms with Crippen LogP contribution in [0.4, 0.5) is 11.4 Å². The van der Waals surface area contributed by atoms with Gasteiger partial charge in [0.25, 0.3) is 0 Å². The molecule has 1 aliphatic heterocycles. The molecule has 1 atom stereocenters. The van der Waals surface area contributed by atoms with Gasteiger partial charge in [0.2, 0.25) is 11.8 Å². The molecule has 4 rings (SSSR count). The first-order chi connectivity index (χ1) is 14.1. The number of hydrogen-bond acceptors (Lipinski definition) is 3. The van der Waals surface area contributed by atoms with E-state index < -0.39 is 5.41 Å². The summed E-state index contributed by atoms with van der Waals surface area (Å²) in [6.07, 6.45) is 5.41. The van der Waals surface area contributed by atoms with Gasteiger partial charge in [0, 0.05) is 24.5 Å². The lowest BCUT2D eigenvalue weighted by Crippen LogP contribution is -2.40. The zero-order valence-corrected chi connectivity index (χ0v) is 17.3. The number of halogens is 1. The van der Waals surface area contributed by atoms with Gasteiger partial charge < -0.3 is 5.73 Å². The minimum Gasteiger partial charge on any atom is -0.370 e. The van der Waals surface area contributed by atoms with Gasteiger partial charge in [0.15, 0.2) is 0 Å². The smallest absolute Gasteiger partial charge is 0.242 e. The number of benzene rings is 2. The van der Waals surface area contributed by atoms with E-state index in [1.165, 1.54) is 0 Å². The molecule has 1 aromatic heterocycles. The zero-order chi connectivity index (χ0) is 20.3. The molecule has 0 radical (unpaired) electrons. The number of anilines is 2. The van der Waals surface area contributed by atoms with Crippen molar-refractivity contribution >= 4 is 35.6 Å². The first kappa shape index (κ1) is 21.5. The van der Waals surface area contributed by atoms with E-state index in [0.717, 1.165) is 22.5 Å². The maximum absolute atomic E-state index is 14.0. The number of hydrogen-bond donors (Lipinski definition) is 1. The predicted octanol–water partition coefficient (Wildman–Crippen LogP) is 4.32. The molecule has 0 saturated heterocycles. The van der Waals surface area contributed by atoms with Crippen molar-refractivity contribution in [1.82, 2.24) is 4.98 Å². The van der Waals surface area contributed by atoms with Crippen LogP contribution < -0.4 is 10.6 Å². The summed E-state index contributed by atoms with van der Waals surface area (Å²) in [6, 6.07) is 21.5. The van der Waals surface area contributed by atoms with E-state index in [1.807, 2.05) is 66.7 Å². The maximum atomic E-state index is 14.0. The fraction of sp³-hybridized carbons (Fsp3) is 0.208. The SMILES string of the molecule is Cl.NC(=O)CCCC1(Cc2ccncc2)C(=O)N(c2ccccc2)c2ccccc21. The highest BCUT2D eigenvalue weighted by Crippen LogP contribution is 2.49. The Morgan fingerprint density at radius 1 is 0.967 bits per heavy atom. The van der Waals surface area contributed by atoms with E-state index in [4.69, 9.17) is 5.73 Å². The molecule has 30 heavy (non-hydrogen) atoms. The van der Waals surface area contributed by atoms with E-state index in [1.54, 1.807) is 17.3 Å². The van der Waals surface area contributed by atoms with Crippen LogP contribution in [0.3, 0.4) is 0 Å². The third-order valence-corrected chi connectivity index (χ3v) is 5.57. The molecular weight excluding hydrogens is 398 g/mol. The van der Waals surface area contributed by atoms with Crippen molar-refractivity contribution in [3.05, 3.63) is 90.3 Å². The number of aromatic nitrogens is 1. The van der Waals surface area contributed by atoms with Crippen LogP contribution in [0, 0.1) is 0 Å². The standard InChI is InChI=1S/C24H23N3O2.ClH/c25-22(28)11-6-14-24(17-18-12-15-26-16-13-18)20-9-4-5-10-21(20)27(23(24)29)19-7-2-1-3-8-19;/h1-5,7-10,12-13,15-16H,6,11,14,17H2,(H2,25,28);1H. The summed E-state index contributed by atoms with van der Waals surface area (Å²) in [4.78, 5) is 31.2. The van der Waals surface area contributed by atoms with Crippen molar-refractivity contribution in [3.63, 3.8) is 0 Å². The van der Waals surface area contributed by atoms with E-state index in [9.17, 15) is 9.59 Å². The topological polar surface area (TPSA) is 76.3 Å².